The molecule has 1 fully saturated rings. The second kappa shape index (κ2) is 10.3. The van der Waals surface area contributed by atoms with Gasteiger partial charge >= 0.3 is 0 Å². The zero-order valence-electron chi connectivity index (χ0n) is 16.8. The average molecular weight is 451 g/mol. The summed E-state index contributed by atoms with van der Waals surface area (Å²) in [4.78, 5) is 27.4. The van der Waals surface area contributed by atoms with E-state index < -0.39 is 11.9 Å². The van der Waals surface area contributed by atoms with Gasteiger partial charge in [0.25, 0.3) is 0 Å². The number of carbonyl (C=O) groups excluding carboxylic acids is 2. The molecule has 2 aromatic rings. The molecular weight excluding hydrogens is 426 g/mol. The normalized spacial score (nSPS) is 15.1. The zero-order valence-corrected chi connectivity index (χ0v) is 18.3. The van der Waals surface area contributed by atoms with Crippen LogP contribution in [0, 0.1) is 5.82 Å². The number of amides is 2. The Bertz CT molecular complexity index is 916. The van der Waals surface area contributed by atoms with Gasteiger partial charge in [-0.05, 0) is 43.5 Å². The van der Waals surface area contributed by atoms with E-state index in [1.807, 2.05) is 0 Å². The van der Waals surface area contributed by atoms with Crippen LogP contribution in [-0.2, 0) is 22.6 Å². The number of hydrogen-bond acceptors (Lipinski definition) is 2. The van der Waals surface area contributed by atoms with Crippen molar-refractivity contribution in [2.75, 3.05) is 0 Å². The maximum atomic E-state index is 14.3. The summed E-state index contributed by atoms with van der Waals surface area (Å²) in [6.45, 7) is 1.68. The van der Waals surface area contributed by atoms with Gasteiger partial charge in [-0.3, -0.25) is 9.59 Å². The second-order valence-corrected chi connectivity index (χ2v) is 8.52. The zero-order chi connectivity index (χ0) is 21.7. The smallest absolute Gasteiger partial charge is 0.242 e. The summed E-state index contributed by atoms with van der Waals surface area (Å²) in [6.07, 6.45) is 4.11. The van der Waals surface area contributed by atoms with Crippen LogP contribution in [0.4, 0.5) is 4.39 Å². The predicted molar refractivity (Wildman–Crippen MR) is 117 cm³/mol. The Hall–Kier alpha value is -2.11. The molecule has 0 radical (unpaired) electrons. The minimum atomic E-state index is -0.736. The molecule has 1 aliphatic rings. The van der Waals surface area contributed by atoms with Crippen LogP contribution in [-0.4, -0.2) is 28.8 Å². The number of nitrogens with one attached hydrogen (secondary N) is 1. The van der Waals surface area contributed by atoms with Crippen LogP contribution in [0.2, 0.25) is 10.0 Å². The Morgan fingerprint density at radius 1 is 1.13 bits per heavy atom. The molecule has 1 aliphatic carbocycles. The van der Waals surface area contributed by atoms with Crippen LogP contribution in [0.5, 0.6) is 0 Å². The molecule has 0 unspecified atom stereocenters. The third-order valence-corrected chi connectivity index (χ3v) is 6.25. The minimum absolute atomic E-state index is 0.00603. The van der Waals surface area contributed by atoms with Gasteiger partial charge in [-0.1, -0.05) is 60.3 Å². The van der Waals surface area contributed by atoms with Crippen LogP contribution < -0.4 is 5.32 Å². The molecule has 30 heavy (non-hydrogen) atoms. The van der Waals surface area contributed by atoms with Crippen LogP contribution in [0.3, 0.4) is 0 Å². The summed E-state index contributed by atoms with van der Waals surface area (Å²) in [5.74, 6) is -0.917. The molecule has 160 valence electrons. The van der Waals surface area contributed by atoms with Gasteiger partial charge in [-0.2, -0.15) is 0 Å². The lowest BCUT2D eigenvalue weighted by molar-refractivity contribution is -0.140. The van der Waals surface area contributed by atoms with E-state index in [-0.39, 0.29) is 30.8 Å². The highest BCUT2D eigenvalue weighted by Gasteiger charge is 2.29. The standard InChI is InChI=1S/C23H25Cl2FN2O2/c1-15(23(30)27-18-7-3-4-8-18)28(14-17-6-2-5-9-21(17)26)22(29)13-16-10-11-19(24)20(25)12-16/h2,5-6,9-12,15,18H,3-4,7-8,13-14H2,1H3,(H,27,30)/t15-/m0/s1. The predicted octanol–water partition coefficient (Wildman–Crippen LogP) is 5.15. The van der Waals surface area contributed by atoms with E-state index in [1.54, 1.807) is 43.3 Å². The van der Waals surface area contributed by atoms with E-state index in [0.29, 0.717) is 21.2 Å². The average Bonchev–Trinajstić information content (AvgIpc) is 3.22. The number of halogens is 3. The molecule has 0 aliphatic heterocycles. The van der Waals surface area contributed by atoms with Gasteiger partial charge in [0.15, 0.2) is 0 Å². The van der Waals surface area contributed by atoms with E-state index in [2.05, 4.69) is 5.32 Å². The van der Waals surface area contributed by atoms with Crippen molar-refractivity contribution in [1.82, 2.24) is 10.2 Å². The molecule has 2 aromatic carbocycles. The fourth-order valence-electron chi connectivity index (χ4n) is 3.71. The molecule has 0 heterocycles. The first-order chi connectivity index (χ1) is 14.3. The van der Waals surface area contributed by atoms with Crippen molar-refractivity contribution in [2.45, 2.75) is 57.7 Å². The van der Waals surface area contributed by atoms with Gasteiger partial charge in [0, 0.05) is 18.2 Å². The largest absolute Gasteiger partial charge is 0.352 e. The van der Waals surface area contributed by atoms with Crippen molar-refractivity contribution in [3.05, 3.63) is 69.5 Å². The minimum Gasteiger partial charge on any atom is -0.352 e. The van der Waals surface area contributed by atoms with E-state index in [1.165, 1.54) is 11.0 Å². The molecule has 0 aromatic heterocycles. The highest BCUT2D eigenvalue weighted by atomic mass is 35.5. The van der Waals surface area contributed by atoms with Gasteiger partial charge in [-0.25, -0.2) is 4.39 Å². The Labute approximate surface area is 186 Å². The summed E-state index contributed by atoms with van der Waals surface area (Å²) in [6, 6.07) is 10.7. The fraction of sp³-hybridized carbons (Fsp3) is 0.391. The number of rotatable bonds is 7. The first kappa shape index (κ1) is 22.6. The fourth-order valence-corrected chi connectivity index (χ4v) is 4.03. The summed E-state index contributed by atoms with van der Waals surface area (Å²) < 4.78 is 14.3. The summed E-state index contributed by atoms with van der Waals surface area (Å²) >= 11 is 12.0. The lowest BCUT2D eigenvalue weighted by atomic mass is 10.1. The Kier molecular flexibility index (Phi) is 7.73. The quantitative estimate of drug-likeness (QED) is 0.633. The molecule has 1 atom stereocenters. The lowest BCUT2D eigenvalue weighted by Gasteiger charge is -2.30. The molecule has 0 saturated heterocycles. The molecule has 0 bridgehead atoms. The van der Waals surface area contributed by atoms with Gasteiger partial charge in [0.2, 0.25) is 11.8 Å². The molecule has 3 rings (SSSR count). The number of nitrogens with zero attached hydrogens (tertiary/aromatic N) is 1. The van der Waals surface area contributed by atoms with Gasteiger partial charge in [-0.15, -0.1) is 0 Å². The molecule has 4 nitrogen and oxygen atoms in total. The Balaban J connectivity index is 1.79. The van der Waals surface area contributed by atoms with Crippen LogP contribution in [0.25, 0.3) is 0 Å². The summed E-state index contributed by atoms with van der Waals surface area (Å²) in [5, 5.41) is 3.79. The SMILES string of the molecule is C[C@@H](C(=O)NC1CCCC1)N(Cc1ccccc1F)C(=O)Cc1ccc(Cl)c(Cl)c1. The van der Waals surface area contributed by atoms with E-state index in [4.69, 9.17) is 23.2 Å². The van der Waals surface area contributed by atoms with Gasteiger partial charge in [0.05, 0.1) is 16.5 Å². The molecule has 2 amide bonds. The van der Waals surface area contributed by atoms with Gasteiger partial charge < -0.3 is 10.2 Å². The molecule has 1 saturated carbocycles. The van der Waals surface area contributed by atoms with Gasteiger partial charge in [0.1, 0.15) is 11.9 Å². The topological polar surface area (TPSA) is 49.4 Å². The van der Waals surface area contributed by atoms with E-state index in [9.17, 15) is 14.0 Å². The molecular formula is C23H25Cl2FN2O2. The first-order valence-electron chi connectivity index (χ1n) is 10.1. The van der Waals surface area contributed by atoms with Crippen molar-refractivity contribution in [1.29, 1.82) is 0 Å². The highest BCUT2D eigenvalue weighted by molar-refractivity contribution is 6.42. The molecule has 1 N–H and O–H groups in total. The summed E-state index contributed by atoms with van der Waals surface area (Å²) in [7, 11) is 0. The van der Waals surface area contributed by atoms with Crippen LogP contribution in [0.15, 0.2) is 42.5 Å². The third-order valence-electron chi connectivity index (χ3n) is 5.51. The van der Waals surface area contributed by atoms with Crippen LogP contribution in [0.1, 0.15) is 43.7 Å². The second-order valence-electron chi connectivity index (χ2n) is 7.70. The highest BCUT2D eigenvalue weighted by Crippen LogP contribution is 2.24. The maximum Gasteiger partial charge on any atom is 0.242 e. The number of hydrogen-bond donors (Lipinski definition) is 1. The van der Waals surface area contributed by atoms with Crippen molar-refractivity contribution in [3.8, 4) is 0 Å². The molecule has 0 spiro atoms. The Morgan fingerprint density at radius 2 is 1.83 bits per heavy atom. The van der Waals surface area contributed by atoms with Crippen molar-refractivity contribution in [3.63, 3.8) is 0 Å². The number of carbonyl (C=O) groups is 2. The van der Waals surface area contributed by atoms with Crippen LogP contribution >= 0.6 is 23.2 Å². The maximum absolute atomic E-state index is 14.3. The Morgan fingerprint density at radius 3 is 2.50 bits per heavy atom. The van der Waals surface area contributed by atoms with Crippen molar-refractivity contribution in [2.24, 2.45) is 0 Å². The van der Waals surface area contributed by atoms with Crippen molar-refractivity contribution >= 4 is 35.0 Å². The summed E-state index contributed by atoms with van der Waals surface area (Å²) in [5.41, 5.74) is 1.04. The third kappa shape index (κ3) is 5.73. The number of benzene rings is 2. The molecule has 7 heteroatoms. The first-order valence-corrected chi connectivity index (χ1v) is 10.9. The van der Waals surface area contributed by atoms with E-state index >= 15 is 0 Å². The lowest BCUT2D eigenvalue weighted by Crippen LogP contribution is -2.50. The van der Waals surface area contributed by atoms with Crippen molar-refractivity contribution < 1.29 is 14.0 Å². The monoisotopic (exact) mass is 450 g/mol. The van der Waals surface area contributed by atoms with E-state index in [0.717, 1.165) is 25.7 Å².